The van der Waals surface area contributed by atoms with E-state index in [9.17, 15) is 4.39 Å². The van der Waals surface area contributed by atoms with Gasteiger partial charge >= 0.3 is 0 Å². The van der Waals surface area contributed by atoms with Crippen LogP contribution in [0.3, 0.4) is 0 Å². The zero-order chi connectivity index (χ0) is 21.2. The maximum atomic E-state index is 13.3. The maximum absolute atomic E-state index is 13.3. The van der Waals surface area contributed by atoms with Crippen molar-refractivity contribution in [2.75, 3.05) is 18.5 Å². The van der Waals surface area contributed by atoms with Crippen LogP contribution >= 0.6 is 11.6 Å². The van der Waals surface area contributed by atoms with E-state index in [4.69, 9.17) is 25.8 Å². The van der Waals surface area contributed by atoms with Crippen molar-refractivity contribution in [3.8, 4) is 23.1 Å². The van der Waals surface area contributed by atoms with Crippen LogP contribution in [0.4, 0.5) is 10.1 Å². The van der Waals surface area contributed by atoms with E-state index in [2.05, 4.69) is 15.3 Å². The van der Waals surface area contributed by atoms with Gasteiger partial charge in [0, 0.05) is 12.6 Å². The predicted octanol–water partition coefficient (Wildman–Crippen LogP) is 5.60. The number of hydrogen-bond donors (Lipinski definition) is 1. The summed E-state index contributed by atoms with van der Waals surface area (Å²) in [6.07, 6.45) is 1.44. The summed E-state index contributed by atoms with van der Waals surface area (Å²) in [6.45, 7) is 1.48. The number of fused-ring (bicyclic) bond motifs is 3. The molecule has 1 aliphatic rings. The topological polar surface area (TPSA) is 65.5 Å². The van der Waals surface area contributed by atoms with Crippen molar-refractivity contribution in [3.63, 3.8) is 0 Å². The molecule has 0 aliphatic carbocycles. The van der Waals surface area contributed by atoms with E-state index in [-0.39, 0.29) is 12.4 Å². The van der Waals surface area contributed by atoms with Crippen molar-refractivity contribution in [3.05, 3.63) is 77.3 Å². The smallest absolute Gasteiger partial charge is 0.234 e. The van der Waals surface area contributed by atoms with Gasteiger partial charge in [0.25, 0.3) is 0 Å². The molecule has 0 unspecified atom stereocenters. The lowest BCUT2D eigenvalue weighted by molar-refractivity contribution is 0.305. The summed E-state index contributed by atoms with van der Waals surface area (Å²) in [7, 11) is 0. The van der Waals surface area contributed by atoms with Crippen LogP contribution < -0.4 is 19.5 Å². The Morgan fingerprint density at radius 3 is 2.90 bits per heavy atom. The van der Waals surface area contributed by atoms with Crippen LogP contribution in [0.15, 0.2) is 60.9 Å². The van der Waals surface area contributed by atoms with Crippen LogP contribution in [-0.2, 0) is 6.61 Å². The van der Waals surface area contributed by atoms with Gasteiger partial charge in [-0.3, -0.25) is 0 Å². The van der Waals surface area contributed by atoms with Gasteiger partial charge in [0.1, 0.15) is 42.2 Å². The molecule has 1 aromatic heterocycles. The third kappa shape index (κ3) is 4.04. The van der Waals surface area contributed by atoms with Gasteiger partial charge in [0.2, 0.25) is 5.88 Å². The lowest BCUT2D eigenvalue weighted by atomic mass is 10.1. The van der Waals surface area contributed by atoms with Crippen LogP contribution in [0.5, 0.6) is 23.1 Å². The molecule has 156 valence electrons. The second-order valence-corrected chi connectivity index (χ2v) is 7.31. The molecule has 8 heteroatoms. The fourth-order valence-electron chi connectivity index (χ4n) is 3.36. The van der Waals surface area contributed by atoms with Gasteiger partial charge < -0.3 is 19.5 Å². The molecule has 2 heterocycles. The number of hydrogen-bond acceptors (Lipinski definition) is 6. The van der Waals surface area contributed by atoms with E-state index in [0.717, 1.165) is 12.2 Å². The van der Waals surface area contributed by atoms with E-state index in [1.54, 1.807) is 30.3 Å². The van der Waals surface area contributed by atoms with Crippen LogP contribution in [0, 0.1) is 5.82 Å². The lowest BCUT2D eigenvalue weighted by Gasteiger charge is -2.21. The number of nitrogens with one attached hydrogen (secondary N) is 1. The Bertz CT molecular complexity index is 1270. The Morgan fingerprint density at radius 2 is 2.03 bits per heavy atom. The molecule has 1 N–H and O–H groups in total. The van der Waals surface area contributed by atoms with Crippen LogP contribution in [-0.4, -0.2) is 23.1 Å². The van der Waals surface area contributed by atoms with Gasteiger partial charge in [-0.15, -0.1) is 0 Å². The Balaban J connectivity index is 1.39. The molecule has 0 saturated heterocycles. The van der Waals surface area contributed by atoms with E-state index in [0.29, 0.717) is 51.2 Å². The number of anilines is 1. The van der Waals surface area contributed by atoms with Crippen molar-refractivity contribution in [1.29, 1.82) is 0 Å². The molecule has 4 aromatic rings. The first kappa shape index (κ1) is 19.4. The number of benzene rings is 3. The molecule has 31 heavy (non-hydrogen) atoms. The van der Waals surface area contributed by atoms with Crippen LogP contribution in [0.25, 0.3) is 10.9 Å². The number of aromatic nitrogens is 2. The number of halogens is 2. The first-order chi connectivity index (χ1) is 15.2. The Hall–Kier alpha value is -3.58. The average molecular weight is 438 g/mol. The molecule has 0 amide bonds. The largest absolute Gasteiger partial charge is 0.489 e. The summed E-state index contributed by atoms with van der Waals surface area (Å²) in [5.74, 6) is 1.69. The first-order valence-electron chi connectivity index (χ1n) is 9.66. The molecule has 1 aliphatic heterocycles. The summed E-state index contributed by atoms with van der Waals surface area (Å²) < 4.78 is 30.9. The molecular weight excluding hydrogens is 421 g/mol. The summed E-state index contributed by atoms with van der Waals surface area (Å²) >= 11 is 6.38. The summed E-state index contributed by atoms with van der Waals surface area (Å²) in [6, 6.07) is 15.1. The summed E-state index contributed by atoms with van der Waals surface area (Å²) in [5.41, 5.74) is 2.30. The zero-order valence-corrected chi connectivity index (χ0v) is 17.0. The Morgan fingerprint density at radius 1 is 1.10 bits per heavy atom. The van der Waals surface area contributed by atoms with Gasteiger partial charge in [-0.25, -0.2) is 14.4 Å². The number of rotatable bonds is 5. The molecule has 3 aromatic carbocycles. The predicted molar refractivity (Wildman–Crippen MR) is 116 cm³/mol. The maximum Gasteiger partial charge on any atom is 0.234 e. The molecule has 6 nitrogen and oxygen atoms in total. The third-order valence-corrected chi connectivity index (χ3v) is 5.08. The van der Waals surface area contributed by atoms with E-state index < -0.39 is 0 Å². The highest BCUT2D eigenvalue weighted by Gasteiger charge is 2.19. The van der Waals surface area contributed by atoms with E-state index >= 15 is 0 Å². The molecule has 0 bridgehead atoms. The van der Waals surface area contributed by atoms with E-state index in [1.807, 2.05) is 12.1 Å². The molecule has 0 radical (unpaired) electrons. The monoisotopic (exact) mass is 437 g/mol. The molecule has 0 atom stereocenters. The highest BCUT2D eigenvalue weighted by Crippen LogP contribution is 2.41. The fourth-order valence-corrected chi connectivity index (χ4v) is 3.59. The molecule has 0 spiro atoms. The molecular formula is C23H17ClFN3O3. The highest BCUT2D eigenvalue weighted by molar-refractivity contribution is 6.32. The van der Waals surface area contributed by atoms with Gasteiger partial charge in [-0.05, 0) is 42.0 Å². The second kappa shape index (κ2) is 8.28. The third-order valence-electron chi connectivity index (χ3n) is 4.79. The molecule has 0 saturated carbocycles. The minimum absolute atomic E-state index is 0.199. The van der Waals surface area contributed by atoms with Gasteiger partial charge in [0.15, 0.2) is 5.75 Å². The normalized spacial score (nSPS) is 12.6. The van der Waals surface area contributed by atoms with Gasteiger partial charge in [0.05, 0.1) is 16.2 Å². The lowest BCUT2D eigenvalue weighted by Crippen LogP contribution is -2.18. The number of ether oxygens (including phenoxy) is 3. The van der Waals surface area contributed by atoms with Crippen molar-refractivity contribution in [1.82, 2.24) is 9.97 Å². The molecule has 0 fully saturated rings. The summed E-state index contributed by atoms with van der Waals surface area (Å²) in [4.78, 5) is 8.61. The summed E-state index contributed by atoms with van der Waals surface area (Å²) in [5, 5.41) is 4.35. The first-order valence-corrected chi connectivity index (χ1v) is 10.0. The second-order valence-electron chi connectivity index (χ2n) is 6.90. The van der Waals surface area contributed by atoms with Crippen LogP contribution in [0.1, 0.15) is 5.56 Å². The average Bonchev–Trinajstić information content (AvgIpc) is 2.78. The minimum Gasteiger partial charge on any atom is -0.489 e. The quantitative estimate of drug-likeness (QED) is 0.438. The van der Waals surface area contributed by atoms with Gasteiger partial charge in [-0.1, -0.05) is 23.7 Å². The van der Waals surface area contributed by atoms with Crippen LogP contribution in [0.2, 0.25) is 5.02 Å². The SMILES string of the molecule is Fc1cccc(COc2ccc(Oc3ncnc4ccc5c(c34)OCCN5)cc2Cl)c1. The van der Waals surface area contributed by atoms with Crippen molar-refractivity contribution in [2.45, 2.75) is 6.61 Å². The van der Waals surface area contributed by atoms with Crippen molar-refractivity contribution >= 4 is 28.2 Å². The van der Waals surface area contributed by atoms with Crippen molar-refractivity contribution < 1.29 is 18.6 Å². The Kier molecular flexibility index (Phi) is 5.18. The Labute approximate surface area is 182 Å². The minimum atomic E-state index is -0.311. The molecule has 5 rings (SSSR count). The van der Waals surface area contributed by atoms with E-state index in [1.165, 1.54) is 18.5 Å². The fraction of sp³-hybridized carbons (Fsp3) is 0.130. The highest BCUT2D eigenvalue weighted by atomic mass is 35.5. The van der Waals surface area contributed by atoms with Crippen molar-refractivity contribution in [2.24, 2.45) is 0 Å². The zero-order valence-electron chi connectivity index (χ0n) is 16.3. The number of nitrogens with zero attached hydrogens (tertiary/aromatic N) is 2. The van der Waals surface area contributed by atoms with Gasteiger partial charge in [-0.2, -0.15) is 0 Å². The standard InChI is InChI=1S/C23H17ClFN3O3/c24-17-11-16(4-7-20(17)30-12-14-2-1-3-15(25)10-14)31-23-21-18(27-13-28-23)5-6-19-22(21)29-9-8-26-19/h1-7,10-11,13,26H,8-9,12H2.